The van der Waals surface area contributed by atoms with E-state index in [-0.39, 0.29) is 12.1 Å². The van der Waals surface area contributed by atoms with Crippen LogP contribution in [0.1, 0.15) is 18.4 Å². The van der Waals surface area contributed by atoms with Gasteiger partial charge in [0.05, 0.1) is 38.2 Å². The van der Waals surface area contributed by atoms with Gasteiger partial charge in [-0.1, -0.05) is 24.3 Å². The maximum Gasteiger partial charge on any atom is 0.264 e. The molecular weight excluding hydrogens is 446 g/mol. The molecule has 182 valence electrons. The van der Waals surface area contributed by atoms with Crippen LogP contribution in [0.2, 0.25) is 0 Å². The molecule has 9 heteroatoms. The van der Waals surface area contributed by atoms with Gasteiger partial charge >= 0.3 is 0 Å². The van der Waals surface area contributed by atoms with Crippen molar-refractivity contribution in [2.75, 3.05) is 27.3 Å². The summed E-state index contributed by atoms with van der Waals surface area (Å²) in [4.78, 5) is 19.9. The average Bonchev–Trinajstić information content (AvgIpc) is 3.33. The second-order valence-electron chi connectivity index (χ2n) is 8.99. The number of para-hydroxylation sites is 1. The highest BCUT2D eigenvalue weighted by atomic mass is 16.5. The van der Waals surface area contributed by atoms with Gasteiger partial charge in [-0.15, -0.1) is 0 Å². The van der Waals surface area contributed by atoms with E-state index in [0.29, 0.717) is 37.0 Å². The minimum Gasteiger partial charge on any atom is -0.497 e. The first-order valence-corrected chi connectivity index (χ1v) is 11.6. The Balaban J connectivity index is 1.28. The molecule has 0 spiro atoms. The molecule has 9 nitrogen and oxygen atoms in total. The quantitative estimate of drug-likeness (QED) is 0.439. The Kier molecular flexibility index (Phi) is 6.27. The van der Waals surface area contributed by atoms with E-state index in [1.807, 2.05) is 48.5 Å². The summed E-state index contributed by atoms with van der Waals surface area (Å²) < 4.78 is 14.0. The summed E-state index contributed by atoms with van der Waals surface area (Å²) in [6.45, 7) is 2.34. The topological polar surface area (TPSA) is 94.6 Å². The van der Waals surface area contributed by atoms with Crippen molar-refractivity contribution in [2.45, 2.75) is 31.5 Å². The molecule has 1 aliphatic rings. The zero-order valence-corrected chi connectivity index (χ0v) is 19.9. The lowest BCUT2D eigenvalue weighted by molar-refractivity contribution is -0.0365. The number of fused-ring (bicyclic) bond motifs is 1. The lowest BCUT2D eigenvalue weighted by atomic mass is 9.91. The van der Waals surface area contributed by atoms with Crippen molar-refractivity contribution < 1.29 is 14.6 Å². The number of methoxy groups -OCH3 is 2. The van der Waals surface area contributed by atoms with Gasteiger partial charge in [0.15, 0.2) is 5.65 Å². The number of hydrogen-bond acceptors (Lipinski definition) is 7. The van der Waals surface area contributed by atoms with Gasteiger partial charge in [0, 0.05) is 31.3 Å². The highest BCUT2D eigenvalue weighted by Gasteiger charge is 2.33. The predicted octanol–water partition coefficient (Wildman–Crippen LogP) is 2.63. The third-order valence-corrected chi connectivity index (χ3v) is 6.69. The summed E-state index contributed by atoms with van der Waals surface area (Å²) in [5, 5.41) is 16.1. The molecule has 2 aromatic heterocycles. The molecule has 0 atom stereocenters. The van der Waals surface area contributed by atoms with Gasteiger partial charge in [0.25, 0.3) is 5.56 Å². The van der Waals surface area contributed by atoms with E-state index >= 15 is 0 Å². The van der Waals surface area contributed by atoms with Crippen LogP contribution in [0, 0.1) is 0 Å². The van der Waals surface area contributed by atoms with Gasteiger partial charge < -0.3 is 14.6 Å². The monoisotopic (exact) mass is 475 g/mol. The fraction of sp³-hybridized carbons (Fsp3) is 0.346. The summed E-state index contributed by atoms with van der Waals surface area (Å²) in [5.74, 6) is 1.54. The number of aromatic nitrogens is 4. The molecule has 0 radical (unpaired) electrons. The van der Waals surface area contributed by atoms with Crippen LogP contribution in [0.15, 0.2) is 65.8 Å². The summed E-state index contributed by atoms with van der Waals surface area (Å²) in [5.41, 5.74) is 1.24. The third-order valence-electron chi connectivity index (χ3n) is 6.69. The lowest BCUT2D eigenvalue weighted by Crippen LogP contribution is -2.47. The molecule has 35 heavy (non-hydrogen) atoms. The minimum absolute atomic E-state index is 0.198. The number of rotatable bonds is 7. The Hall–Kier alpha value is -3.69. The first-order valence-electron chi connectivity index (χ1n) is 11.6. The van der Waals surface area contributed by atoms with E-state index in [1.165, 1.54) is 10.9 Å². The van der Waals surface area contributed by atoms with Gasteiger partial charge in [0.2, 0.25) is 0 Å². The van der Waals surface area contributed by atoms with Gasteiger partial charge in [-0.2, -0.15) is 5.10 Å². The van der Waals surface area contributed by atoms with Crippen LogP contribution in [0.4, 0.5) is 0 Å². The van der Waals surface area contributed by atoms with Crippen molar-refractivity contribution in [1.29, 1.82) is 0 Å². The van der Waals surface area contributed by atoms with Crippen molar-refractivity contribution in [1.82, 2.24) is 24.2 Å². The largest absolute Gasteiger partial charge is 0.497 e. The molecule has 5 rings (SSSR count). The van der Waals surface area contributed by atoms with Crippen LogP contribution >= 0.6 is 0 Å². The molecule has 0 bridgehead atoms. The number of piperidine rings is 1. The van der Waals surface area contributed by atoms with Gasteiger partial charge in [-0.05, 0) is 31.0 Å². The van der Waals surface area contributed by atoms with Gasteiger partial charge in [0.1, 0.15) is 23.2 Å². The molecule has 4 aromatic rings. The first kappa shape index (κ1) is 23.1. The molecule has 1 saturated heterocycles. The summed E-state index contributed by atoms with van der Waals surface area (Å²) >= 11 is 0. The Bertz CT molecular complexity index is 1370. The lowest BCUT2D eigenvalue weighted by Gasteiger charge is -2.38. The second kappa shape index (κ2) is 9.52. The number of ether oxygens (including phenoxy) is 2. The summed E-state index contributed by atoms with van der Waals surface area (Å²) in [6.07, 6.45) is 4.17. The molecule has 0 aliphatic carbocycles. The predicted molar refractivity (Wildman–Crippen MR) is 132 cm³/mol. The minimum atomic E-state index is -0.977. The van der Waals surface area contributed by atoms with Crippen molar-refractivity contribution in [3.8, 4) is 17.2 Å². The molecule has 1 fully saturated rings. The molecule has 2 aromatic carbocycles. The highest BCUT2D eigenvalue weighted by molar-refractivity contribution is 5.74. The first-order chi connectivity index (χ1) is 17.0. The summed E-state index contributed by atoms with van der Waals surface area (Å²) in [6, 6.07) is 15.4. The van der Waals surface area contributed by atoms with Crippen molar-refractivity contribution in [2.24, 2.45) is 0 Å². The standard InChI is InChI=1S/C26H29N5O4/c1-34-21-9-8-19(23(14-21)35-2)16-29-12-10-26(33,11-13-29)17-30-18-27-24-22(25(30)32)15-28-31(24)20-6-4-3-5-7-20/h3-9,14-15,18,33H,10-13,16-17H2,1-2H3. The van der Waals surface area contributed by atoms with E-state index in [1.54, 1.807) is 25.1 Å². The van der Waals surface area contributed by atoms with Crippen molar-refractivity contribution in [3.63, 3.8) is 0 Å². The fourth-order valence-corrected chi connectivity index (χ4v) is 4.65. The number of benzene rings is 2. The maximum atomic E-state index is 13.1. The fourth-order valence-electron chi connectivity index (χ4n) is 4.65. The van der Waals surface area contributed by atoms with Crippen LogP contribution in [-0.4, -0.2) is 62.2 Å². The van der Waals surface area contributed by atoms with Crippen LogP contribution < -0.4 is 15.0 Å². The van der Waals surface area contributed by atoms with Crippen LogP contribution in [-0.2, 0) is 13.1 Å². The van der Waals surface area contributed by atoms with E-state index in [4.69, 9.17) is 9.47 Å². The molecular formula is C26H29N5O4. The van der Waals surface area contributed by atoms with E-state index < -0.39 is 5.60 Å². The average molecular weight is 476 g/mol. The molecule has 0 amide bonds. The maximum absolute atomic E-state index is 13.1. The smallest absolute Gasteiger partial charge is 0.264 e. The molecule has 1 aliphatic heterocycles. The molecule has 0 saturated carbocycles. The third kappa shape index (κ3) is 4.65. The number of likely N-dealkylation sites (tertiary alicyclic amines) is 1. The molecule has 3 heterocycles. The Morgan fingerprint density at radius 3 is 2.54 bits per heavy atom. The highest BCUT2D eigenvalue weighted by Crippen LogP contribution is 2.29. The summed E-state index contributed by atoms with van der Waals surface area (Å²) in [7, 11) is 3.28. The van der Waals surface area contributed by atoms with Gasteiger partial charge in [-0.3, -0.25) is 14.3 Å². The van der Waals surface area contributed by atoms with Crippen molar-refractivity contribution in [3.05, 3.63) is 77.0 Å². The van der Waals surface area contributed by atoms with Gasteiger partial charge in [-0.25, -0.2) is 9.67 Å². The van der Waals surface area contributed by atoms with E-state index in [0.717, 1.165) is 29.3 Å². The van der Waals surface area contributed by atoms with Crippen LogP contribution in [0.3, 0.4) is 0 Å². The number of aliphatic hydroxyl groups is 1. The normalized spacial score (nSPS) is 15.9. The number of hydrogen-bond donors (Lipinski definition) is 1. The Morgan fingerprint density at radius 2 is 1.83 bits per heavy atom. The zero-order chi connectivity index (χ0) is 24.4. The Labute approximate surface area is 203 Å². The van der Waals surface area contributed by atoms with Crippen molar-refractivity contribution >= 4 is 11.0 Å². The SMILES string of the molecule is COc1ccc(CN2CCC(O)(Cn3cnc4c(cnn4-c4ccccc4)c3=O)CC2)c(OC)c1. The van der Waals surface area contributed by atoms with Crippen LogP contribution in [0.25, 0.3) is 16.7 Å². The van der Waals surface area contributed by atoms with E-state index in [2.05, 4.69) is 15.0 Å². The molecule has 0 unspecified atom stereocenters. The second-order valence-corrected chi connectivity index (χ2v) is 8.99. The van der Waals surface area contributed by atoms with E-state index in [9.17, 15) is 9.90 Å². The number of nitrogens with zero attached hydrogens (tertiary/aromatic N) is 5. The molecule has 1 N–H and O–H groups in total. The van der Waals surface area contributed by atoms with Crippen LogP contribution in [0.5, 0.6) is 11.5 Å². The Morgan fingerprint density at radius 1 is 1.06 bits per heavy atom. The zero-order valence-electron chi connectivity index (χ0n) is 19.9.